The Hall–Kier alpha value is -2.70. The van der Waals surface area contributed by atoms with Crippen LogP contribution in [-0.2, 0) is 0 Å². The Kier molecular flexibility index (Phi) is 4.91. The number of nitrogens with one attached hydrogen (secondary N) is 1. The fourth-order valence-electron chi connectivity index (χ4n) is 3.31. The van der Waals surface area contributed by atoms with Crippen LogP contribution in [0.15, 0.2) is 46.9 Å². The third kappa shape index (κ3) is 3.53. The molecule has 0 saturated carbocycles. The number of carbonyl (C=O) groups is 1. The molecular weight excluding hydrogens is 370 g/mol. The largest absolute Gasteiger partial charge is 0.451 e. The van der Waals surface area contributed by atoms with Crippen molar-refractivity contribution < 1.29 is 14.1 Å². The first-order chi connectivity index (χ1) is 13.4. The minimum absolute atomic E-state index is 0.147. The molecular formula is C22H24N3O2S+. The standard InChI is InChI=1S/C22H23N3O2S/c1-14-11-15(2)20-19(12-14)28-22(23-20)25(10-9-24(3)4)21(26)18-13-16-7-5-6-8-17(16)27-18/h5-8,11-13H,9-10H2,1-4H3/p+1. The van der Waals surface area contributed by atoms with Gasteiger partial charge >= 0.3 is 0 Å². The average molecular weight is 395 g/mol. The molecule has 2 aromatic heterocycles. The Bertz CT molecular complexity index is 1130. The first-order valence-corrected chi connectivity index (χ1v) is 10.2. The van der Waals surface area contributed by atoms with Crippen LogP contribution in [0.4, 0.5) is 5.13 Å². The van der Waals surface area contributed by atoms with Crippen LogP contribution in [0.1, 0.15) is 21.7 Å². The summed E-state index contributed by atoms with van der Waals surface area (Å²) in [7, 11) is 4.16. The zero-order chi connectivity index (χ0) is 19.8. The van der Waals surface area contributed by atoms with Gasteiger partial charge in [0, 0.05) is 5.39 Å². The number of thiazole rings is 1. The third-order valence-electron chi connectivity index (χ3n) is 4.77. The van der Waals surface area contributed by atoms with Gasteiger partial charge in [-0.25, -0.2) is 4.98 Å². The van der Waals surface area contributed by atoms with Gasteiger partial charge in [-0.15, -0.1) is 0 Å². The summed E-state index contributed by atoms with van der Waals surface area (Å²) in [6.45, 7) is 5.54. The summed E-state index contributed by atoms with van der Waals surface area (Å²) < 4.78 is 6.94. The van der Waals surface area contributed by atoms with Crippen molar-refractivity contribution in [3.63, 3.8) is 0 Å². The Morgan fingerprint density at radius 1 is 1.18 bits per heavy atom. The normalized spacial score (nSPS) is 11.6. The average Bonchev–Trinajstić information content (AvgIpc) is 3.25. The Balaban J connectivity index is 1.76. The number of likely N-dealkylation sites (N-methyl/N-ethyl adjacent to an activating group) is 1. The van der Waals surface area contributed by atoms with Crippen molar-refractivity contribution in [3.8, 4) is 0 Å². The van der Waals surface area contributed by atoms with Crippen LogP contribution >= 0.6 is 11.3 Å². The first kappa shape index (κ1) is 18.7. The molecule has 0 saturated heterocycles. The van der Waals surface area contributed by atoms with E-state index >= 15 is 0 Å². The molecule has 6 heteroatoms. The van der Waals surface area contributed by atoms with Crippen molar-refractivity contribution in [2.45, 2.75) is 13.8 Å². The predicted octanol–water partition coefficient (Wildman–Crippen LogP) is 3.45. The molecule has 1 amide bonds. The summed E-state index contributed by atoms with van der Waals surface area (Å²) in [5, 5.41) is 1.65. The summed E-state index contributed by atoms with van der Waals surface area (Å²) in [5.41, 5.74) is 4.02. The summed E-state index contributed by atoms with van der Waals surface area (Å²) in [5.74, 6) is 0.202. The lowest BCUT2D eigenvalue weighted by Gasteiger charge is -2.19. The second kappa shape index (κ2) is 7.37. The minimum Gasteiger partial charge on any atom is -0.451 e. The van der Waals surface area contributed by atoms with Gasteiger partial charge < -0.3 is 9.32 Å². The molecule has 144 valence electrons. The molecule has 0 atom stereocenters. The number of amides is 1. The van der Waals surface area contributed by atoms with E-state index in [2.05, 4.69) is 40.1 Å². The van der Waals surface area contributed by atoms with E-state index in [-0.39, 0.29) is 5.91 Å². The zero-order valence-corrected chi connectivity index (χ0v) is 17.4. The fourth-order valence-corrected chi connectivity index (χ4v) is 4.48. The van der Waals surface area contributed by atoms with E-state index in [0.717, 1.165) is 38.4 Å². The van der Waals surface area contributed by atoms with Crippen LogP contribution in [0.3, 0.4) is 0 Å². The highest BCUT2D eigenvalue weighted by Gasteiger charge is 2.25. The van der Waals surface area contributed by atoms with Crippen molar-refractivity contribution in [2.75, 3.05) is 32.1 Å². The van der Waals surface area contributed by atoms with Crippen LogP contribution < -0.4 is 9.80 Å². The second-order valence-corrected chi connectivity index (χ2v) is 8.50. The number of nitrogens with zero attached hydrogens (tertiary/aromatic N) is 2. The molecule has 0 spiro atoms. The van der Waals surface area contributed by atoms with Crippen molar-refractivity contribution in [1.29, 1.82) is 0 Å². The van der Waals surface area contributed by atoms with E-state index in [1.807, 2.05) is 30.3 Å². The van der Waals surface area contributed by atoms with Gasteiger partial charge in [0.2, 0.25) is 0 Å². The predicted molar refractivity (Wildman–Crippen MR) is 115 cm³/mol. The van der Waals surface area contributed by atoms with Gasteiger partial charge in [0.05, 0.1) is 37.4 Å². The Morgan fingerprint density at radius 2 is 1.96 bits per heavy atom. The molecule has 0 aliphatic rings. The van der Waals surface area contributed by atoms with Crippen LogP contribution in [0.25, 0.3) is 21.2 Å². The number of anilines is 1. The molecule has 1 N–H and O–H groups in total. The molecule has 0 aliphatic carbocycles. The SMILES string of the molecule is Cc1cc(C)c2nc(N(CC[NH+](C)C)C(=O)c3cc4ccccc4o3)sc2c1. The molecule has 0 aliphatic heterocycles. The molecule has 4 rings (SSSR count). The maximum Gasteiger partial charge on any atom is 0.296 e. The van der Waals surface area contributed by atoms with Crippen molar-refractivity contribution in [3.05, 3.63) is 59.4 Å². The molecule has 2 aromatic carbocycles. The fraction of sp³-hybridized carbons (Fsp3) is 0.273. The van der Waals surface area contributed by atoms with E-state index in [1.165, 1.54) is 10.5 Å². The van der Waals surface area contributed by atoms with Crippen molar-refractivity contribution in [1.82, 2.24) is 4.98 Å². The number of quaternary nitrogens is 1. The zero-order valence-electron chi connectivity index (χ0n) is 16.6. The van der Waals surface area contributed by atoms with Gasteiger partial charge in [0.15, 0.2) is 10.9 Å². The summed E-state index contributed by atoms with van der Waals surface area (Å²) in [6, 6.07) is 13.8. The van der Waals surface area contributed by atoms with Crippen LogP contribution in [0, 0.1) is 13.8 Å². The quantitative estimate of drug-likeness (QED) is 0.564. The van der Waals surface area contributed by atoms with Gasteiger partial charge in [0.25, 0.3) is 5.91 Å². The summed E-state index contributed by atoms with van der Waals surface area (Å²) >= 11 is 1.56. The van der Waals surface area contributed by atoms with Gasteiger partial charge in [-0.05, 0) is 43.2 Å². The number of benzene rings is 2. The van der Waals surface area contributed by atoms with E-state index in [1.54, 1.807) is 16.2 Å². The Morgan fingerprint density at radius 3 is 2.71 bits per heavy atom. The lowest BCUT2D eigenvalue weighted by atomic mass is 10.1. The number of aromatic nitrogens is 1. The second-order valence-electron chi connectivity index (χ2n) is 7.49. The van der Waals surface area contributed by atoms with E-state index in [0.29, 0.717) is 12.3 Å². The maximum atomic E-state index is 13.3. The topological polar surface area (TPSA) is 50.8 Å². The van der Waals surface area contributed by atoms with Crippen LogP contribution in [0.2, 0.25) is 0 Å². The van der Waals surface area contributed by atoms with Gasteiger partial charge in [-0.2, -0.15) is 0 Å². The molecule has 28 heavy (non-hydrogen) atoms. The Labute approximate surface area is 168 Å². The van der Waals surface area contributed by atoms with E-state index in [9.17, 15) is 4.79 Å². The number of carbonyl (C=O) groups excluding carboxylic acids is 1. The number of fused-ring (bicyclic) bond motifs is 2. The van der Waals surface area contributed by atoms with Crippen molar-refractivity contribution in [2.24, 2.45) is 0 Å². The first-order valence-electron chi connectivity index (χ1n) is 9.39. The lowest BCUT2D eigenvalue weighted by molar-refractivity contribution is -0.856. The molecule has 0 bridgehead atoms. The summed E-state index contributed by atoms with van der Waals surface area (Å²) in [6.07, 6.45) is 0. The van der Waals surface area contributed by atoms with Crippen molar-refractivity contribution >= 4 is 43.6 Å². The smallest absolute Gasteiger partial charge is 0.296 e. The molecule has 0 unspecified atom stereocenters. The highest BCUT2D eigenvalue weighted by Crippen LogP contribution is 2.32. The highest BCUT2D eigenvalue weighted by molar-refractivity contribution is 7.22. The van der Waals surface area contributed by atoms with E-state index < -0.39 is 0 Å². The highest BCUT2D eigenvalue weighted by atomic mass is 32.1. The van der Waals surface area contributed by atoms with Gasteiger partial charge in [-0.3, -0.25) is 9.69 Å². The van der Waals surface area contributed by atoms with E-state index in [4.69, 9.17) is 9.40 Å². The van der Waals surface area contributed by atoms with Crippen LogP contribution in [-0.4, -0.2) is 38.1 Å². The monoisotopic (exact) mass is 394 g/mol. The molecule has 4 aromatic rings. The minimum atomic E-state index is -0.147. The molecule has 2 heterocycles. The number of aryl methyl sites for hydroxylation is 2. The number of hydrogen-bond acceptors (Lipinski definition) is 4. The third-order valence-corrected chi connectivity index (χ3v) is 5.79. The lowest BCUT2D eigenvalue weighted by Crippen LogP contribution is -3.06. The number of para-hydroxylation sites is 1. The van der Waals surface area contributed by atoms with Crippen LogP contribution in [0.5, 0.6) is 0 Å². The van der Waals surface area contributed by atoms with Gasteiger partial charge in [-0.1, -0.05) is 35.6 Å². The number of furan rings is 1. The number of hydrogen-bond donors (Lipinski definition) is 1. The summed E-state index contributed by atoms with van der Waals surface area (Å²) in [4.78, 5) is 21.2. The molecule has 5 nitrogen and oxygen atoms in total. The van der Waals surface area contributed by atoms with Gasteiger partial charge in [0.1, 0.15) is 5.58 Å². The maximum absolute atomic E-state index is 13.3. The molecule has 0 radical (unpaired) electrons. The number of rotatable bonds is 5. The molecule has 0 fully saturated rings.